The van der Waals surface area contributed by atoms with Crippen LogP contribution in [0.3, 0.4) is 0 Å². The second-order valence-electron chi connectivity index (χ2n) is 4.94. The monoisotopic (exact) mass is 317 g/mol. The van der Waals surface area contributed by atoms with Crippen molar-refractivity contribution in [2.45, 2.75) is 33.3 Å². The summed E-state index contributed by atoms with van der Waals surface area (Å²) in [6.45, 7) is 6.94. The zero-order valence-corrected chi connectivity index (χ0v) is 13.9. The average molecular weight is 317 g/mol. The minimum absolute atomic E-state index is 0.325. The minimum atomic E-state index is -0.355. The lowest BCUT2D eigenvalue weighted by Gasteiger charge is -2.25. The molecule has 1 aromatic carbocycles. The van der Waals surface area contributed by atoms with Gasteiger partial charge in [-0.05, 0) is 20.8 Å². The van der Waals surface area contributed by atoms with Crippen molar-refractivity contribution in [3.05, 3.63) is 41.5 Å². The molecule has 2 rings (SSSR count). The number of aliphatic imine (C=N–C) groups is 1. The van der Waals surface area contributed by atoms with E-state index in [0.717, 1.165) is 5.56 Å². The highest BCUT2D eigenvalue weighted by Gasteiger charge is 2.31. The summed E-state index contributed by atoms with van der Waals surface area (Å²) in [5.41, 5.74) is 1.99. The van der Waals surface area contributed by atoms with Gasteiger partial charge in [0.2, 0.25) is 5.90 Å². The van der Waals surface area contributed by atoms with Gasteiger partial charge in [-0.15, -0.1) is 0 Å². The maximum absolute atomic E-state index is 12.4. The van der Waals surface area contributed by atoms with Gasteiger partial charge in [-0.2, -0.15) is 0 Å². The van der Waals surface area contributed by atoms with E-state index in [9.17, 15) is 4.79 Å². The fraction of sp³-hybridized carbons (Fsp3) is 0.444. The lowest BCUT2D eigenvalue weighted by atomic mass is 9.98. The van der Waals surface area contributed by atoms with Gasteiger partial charge in [0.1, 0.15) is 6.10 Å². The molecule has 1 atom stereocenters. The maximum atomic E-state index is 12.4. The molecule has 1 unspecified atom stereocenters. The predicted molar refractivity (Wildman–Crippen MR) is 89.1 cm³/mol. The molecule has 0 fully saturated rings. The van der Waals surface area contributed by atoms with Gasteiger partial charge in [0, 0.05) is 18.6 Å². The number of ether oxygens (including phenoxy) is 3. The molecule has 0 spiro atoms. The third-order valence-corrected chi connectivity index (χ3v) is 3.40. The van der Waals surface area contributed by atoms with Crippen molar-refractivity contribution < 1.29 is 19.0 Å². The molecule has 0 saturated heterocycles. The molecule has 1 heterocycles. The minimum Gasteiger partial charge on any atom is -0.479 e. The van der Waals surface area contributed by atoms with Crippen LogP contribution in [0.5, 0.6) is 0 Å². The quantitative estimate of drug-likeness (QED) is 0.756. The first-order valence-corrected chi connectivity index (χ1v) is 7.99. The van der Waals surface area contributed by atoms with Gasteiger partial charge in [-0.1, -0.05) is 30.3 Å². The summed E-state index contributed by atoms with van der Waals surface area (Å²) in [5, 5.41) is 0. The molecular formula is C18H23NO4. The molecule has 0 bridgehead atoms. The summed E-state index contributed by atoms with van der Waals surface area (Å²) in [6.07, 6.45) is 0.0437. The largest absolute Gasteiger partial charge is 0.479 e. The van der Waals surface area contributed by atoms with Gasteiger partial charge < -0.3 is 14.2 Å². The van der Waals surface area contributed by atoms with E-state index in [-0.39, 0.29) is 12.1 Å². The van der Waals surface area contributed by atoms with Crippen molar-refractivity contribution in [1.82, 2.24) is 0 Å². The number of benzene rings is 1. The second-order valence-corrected chi connectivity index (χ2v) is 4.94. The fourth-order valence-electron chi connectivity index (χ4n) is 2.46. The lowest BCUT2D eigenvalue weighted by molar-refractivity contribution is -0.138. The zero-order valence-electron chi connectivity index (χ0n) is 13.9. The van der Waals surface area contributed by atoms with Gasteiger partial charge in [0.25, 0.3) is 0 Å². The Labute approximate surface area is 137 Å². The second kappa shape index (κ2) is 8.48. The average Bonchev–Trinajstić information content (AvgIpc) is 2.57. The number of esters is 1. The van der Waals surface area contributed by atoms with E-state index < -0.39 is 0 Å². The Bertz CT molecular complexity index is 592. The molecule has 0 radical (unpaired) electrons. The third kappa shape index (κ3) is 4.20. The van der Waals surface area contributed by atoms with Gasteiger partial charge in [0.15, 0.2) is 0 Å². The summed E-state index contributed by atoms with van der Waals surface area (Å²) in [6, 6.07) is 9.59. The van der Waals surface area contributed by atoms with Gasteiger partial charge in [-0.25, -0.2) is 9.79 Å². The van der Waals surface area contributed by atoms with E-state index in [4.69, 9.17) is 14.2 Å². The Balaban J connectivity index is 2.47. The predicted octanol–water partition coefficient (Wildman–Crippen LogP) is 3.20. The highest BCUT2D eigenvalue weighted by atomic mass is 16.5. The molecule has 1 aromatic rings. The molecule has 0 saturated carbocycles. The molecule has 23 heavy (non-hydrogen) atoms. The lowest BCUT2D eigenvalue weighted by Crippen LogP contribution is -2.32. The number of carbonyl (C=O) groups excluding carboxylic acids is 1. The fourth-order valence-corrected chi connectivity index (χ4v) is 2.46. The van der Waals surface area contributed by atoms with Gasteiger partial charge >= 0.3 is 5.97 Å². The van der Waals surface area contributed by atoms with Crippen molar-refractivity contribution in [2.75, 3.05) is 19.8 Å². The number of rotatable bonds is 6. The van der Waals surface area contributed by atoms with Crippen LogP contribution in [0.4, 0.5) is 0 Å². The molecule has 0 amide bonds. The summed E-state index contributed by atoms with van der Waals surface area (Å²) in [4.78, 5) is 16.9. The molecular weight excluding hydrogens is 294 g/mol. The first-order valence-electron chi connectivity index (χ1n) is 7.99. The smallest absolute Gasteiger partial charge is 0.336 e. The van der Waals surface area contributed by atoms with Crippen LogP contribution in [-0.4, -0.2) is 37.8 Å². The van der Waals surface area contributed by atoms with E-state index in [0.29, 0.717) is 43.4 Å². The number of carbonyl (C=O) groups is 1. The molecule has 0 N–H and O–H groups in total. The summed E-state index contributed by atoms with van der Waals surface area (Å²) < 4.78 is 16.5. The van der Waals surface area contributed by atoms with Crippen LogP contribution in [0.2, 0.25) is 0 Å². The van der Waals surface area contributed by atoms with Crippen LogP contribution in [0.1, 0.15) is 32.8 Å². The van der Waals surface area contributed by atoms with Gasteiger partial charge in [-0.3, -0.25) is 0 Å². The molecule has 0 aromatic heterocycles. The third-order valence-electron chi connectivity index (χ3n) is 3.40. The summed E-state index contributed by atoms with van der Waals surface area (Å²) in [5.74, 6) is 0.164. The Morgan fingerprint density at radius 3 is 2.48 bits per heavy atom. The first-order chi connectivity index (χ1) is 11.2. The van der Waals surface area contributed by atoms with Crippen LogP contribution in [0, 0.1) is 0 Å². The Morgan fingerprint density at radius 1 is 1.13 bits per heavy atom. The topological polar surface area (TPSA) is 57.1 Å². The summed E-state index contributed by atoms with van der Waals surface area (Å²) in [7, 11) is 0. The molecule has 0 aliphatic carbocycles. The van der Waals surface area contributed by atoms with Crippen LogP contribution in [-0.2, 0) is 19.0 Å². The van der Waals surface area contributed by atoms with Gasteiger partial charge in [0.05, 0.1) is 24.5 Å². The Morgan fingerprint density at radius 2 is 1.87 bits per heavy atom. The molecule has 1 aliphatic rings. The highest BCUT2D eigenvalue weighted by Crippen LogP contribution is 2.30. The maximum Gasteiger partial charge on any atom is 0.336 e. The van der Waals surface area contributed by atoms with Crippen LogP contribution in [0.25, 0.3) is 5.70 Å². The molecule has 5 nitrogen and oxygen atoms in total. The highest BCUT2D eigenvalue weighted by molar-refractivity contribution is 6.03. The van der Waals surface area contributed by atoms with Crippen LogP contribution < -0.4 is 0 Å². The van der Waals surface area contributed by atoms with Crippen molar-refractivity contribution in [3.8, 4) is 0 Å². The SMILES string of the molecule is CCOC(=O)C1=C(c2ccccc2)N=C(OCC)C(OCC)C1. The Hall–Kier alpha value is -2.14. The van der Waals surface area contributed by atoms with E-state index >= 15 is 0 Å². The number of hydrogen-bond donors (Lipinski definition) is 0. The van der Waals surface area contributed by atoms with Crippen LogP contribution in [0.15, 0.2) is 40.9 Å². The first kappa shape index (κ1) is 17.2. The van der Waals surface area contributed by atoms with E-state index in [1.165, 1.54) is 0 Å². The standard InChI is InChI=1S/C18H23NO4/c1-4-21-15-12-14(18(20)23-6-3)16(19-17(15)22-5-2)13-10-8-7-9-11-13/h7-11,15H,4-6,12H2,1-3H3. The van der Waals surface area contributed by atoms with Crippen LogP contribution >= 0.6 is 0 Å². The molecule has 124 valence electrons. The van der Waals surface area contributed by atoms with E-state index in [1.54, 1.807) is 6.92 Å². The van der Waals surface area contributed by atoms with Crippen molar-refractivity contribution in [3.63, 3.8) is 0 Å². The molecule has 5 heteroatoms. The van der Waals surface area contributed by atoms with Crippen molar-refractivity contribution in [2.24, 2.45) is 4.99 Å². The molecule has 1 aliphatic heterocycles. The number of nitrogens with zero attached hydrogens (tertiary/aromatic N) is 1. The summed E-state index contributed by atoms with van der Waals surface area (Å²) >= 11 is 0. The van der Waals surface area contributed by atoms with Crippen molar-refractivity contribution in [1.29, 1.82) is 0 Å². The zero-order chi connectivity index (χ0) is 16.7. The Kier molecular flexibility index (Phi) is 6.35. The normalized spacial score (nSPS) is 17.7. The number of hydrogen-bond acceptors (Lipinski definition) is 5. The van der Waals surface area contributed by atoms with E-state index in [2.05, 4.69) is 4.99 Å². The van der Waals surface area contributed by atoms with E-state index in [1.807, 2.05) is 44.2 Å². The van der Waals surface area contributed by atoms with Crippen molar-refractivity contribution >= 4 is 17.6 Å².